The van der Waals surface area contributed by atoms with Gasteiger partial charge < -0.3 is 24.7 Å². The zero-order chi connectivity index (χ0) is 25.4. The molecule has 1 saturated heterocycles. The molecular formula is C26H23ClN6O4. The van der Waals surface area contributed by atoms with Crippen molar-refractivity contribution in [1.82, 2.24) is 29.9 Å². The highest BCUT2D eigenvalue weighted by Crippen LogP contribution is 2.31. The predicted molar refractivity (Wildman–Crippen MR) is 137 cm³/mol. The summed E-state index contributed by atoms with van der Waals surface area (Å²) in [5.41, 5.74) is 5.58. The van der Waals surface area contributed by atoms with Crippen molar-refractivity contribution in [3.8, 4) is 34.1 Å². The quantitative estimate of drug-likeness (QED) is 0.311. The van der Waals surface area contributed by atoms with Crippen LogP contribution in [0.2, 0.25) is 5.02 Å². The summed E-state index contributed by atoms with van der Waals surface area (Å²) in [6, 6.07) is 18.0. The van der Waals surface area contributed by atoms with Crippen LogP contribution >= 0.6 is 11.6 Å². The van der Waals surface area contributed by atoms with Gasteiger partial charge in [0.05, 0.1) is 53.6 Å². The van der Waals surface area contributed by atoms with Gasteiger partial charge in [-0.2, -0.15) is 20.0 Å². The van der Waals surface area contributed by atoms with E-state index in [9.17, 15) is 10.2 Å². The van der Waals surface area contributed by atoms with Crippen molar-refractivity contribution in [2.75, 3.05) is 13.2 Å². The predicted octanol–water partition coefficient (Wildman–Crippen LogP) is 3.42. The van der Waals surface area contributed by atoms with Crippen LogP contribution in [0.1, 0.15) is 6.42 Å². The molecule has 37 heavy (non-hydrogen) atoms. The summed E-state index contributed by atoms with van der Waals surface area (Å²) in [7, 11) is 0. The lowest BCUT2D eigenvalue weighted by atomic mass is 10.0. The van der Waals surface area contributed by atoms with Gasteiger partial charge in [0.25, 0.3) is 6.01 Å². The minimum Gasteiger partial charge on any atom is -0.459 e. The fourth-order valence-corrected chi connectivity index (χ4v) is 4.62. The molecule has 0 spiro atoms. The number of aromatic nitrogens is 6. The number of halogens is 1. The van der Waals surface area contributed by atoms with Crippen molar-refractivity contribution >= 4 is 22.8 Å². The SMILES string of the molecule is OC[C@H]1OC[C@H](Oc2nc3nc(-c4ccc(-c5ccc(-n6nccn6)cc5)cc4)c(Cl)cc3[nH]2)C[C@@H]1O. The summed E-state index contributed by atoms with van der Waals surface area (Å²) >= 11 is 6.57. The third kappa shape index (κ3) is 4.79. The average Bonchev–Trinajstić information content (AvgIpc) is 3.59. The molecule has 10 nitrogen and oxygen atoms in total. The third-order valence-corrected chi connectivity index (χ3v) is 6.59. The topological polar surface area (TPSA) is 131 Å². The molecule has 3 atom stereocenters. The summed E-state index contributed by atoms with van der Waals surface area (Å²) in [5, 5.41) is 28.1. The average molecular weight is 519 g/mol. The Morgan fingerprint density at radius 3 is 2.35 bits per heavy atom. The van der Waals surface area contributed by atoms with Gasteiger partial charge in [0.1, 0.15) is 12.2 Å². The Hall–Kier alpha value is -3.83. The number of hydrogen-bond donors (Lipinski definition) is 3. The summed E-state index contributed by atoms with van der Waals surface area (Å²) in [5.74, 6) is 0. The molecule has 3 aromatic heterocycles. The molecule has 0 bridgehead atoms. The highest BCUT2D eigenvalue weighted by molar-refractivity contribution is 6.33. The van der Waals surface area contributed by atoms with Gasteiger partial charge >= 0.3 is 0 Å². The summed E-state index contributed by atoms with van der Waals surface area (Å²) in [4.78, 5) is 13.7. The molecule has 6 rings (SSSR count). The van der Waals surface area contributed by atoms with Gasteiger partial charge in [0.2, 0.25) is 0 Å². The van der Waals surface area contributed by atoms with Gasteiger partial charge in [-0.15, -0.1) is 0 Å². The highest BCUT2D eigenvalue weighted by atomic mass is 35.5. The number of ether oxygens (including phenoxy) is 2. The molecule has 0 radical (unpaired) electrons. The van der Waals surface area contributed by atoms with Gasteiger partial charge in [-0.3, -0.25) is 0 Å². The van der Waals surface area contributed by atoms with Crippen molar-refractivity contribution in [1.29, 1.82) is 0 Å². The Balaban J connectivity index is 1.20. The Kier molecular flexibility index (Phi) is 6.31. The number of rotatable bonds is 6. The number of fused-ring (bicyclic) bond motifs is 1. The Morgan fingerprint density at radius 1 is 1.00 bits per heavy atom. The fraction of sp³-hybridized carbons (Fsp3) is 0.231. The number of aliphatic hydroxyl groups is 2. The number of benzene rings is 2. The smallest absolute Gasteiger partial charge is 0.296 e. The van der Waals surface area contributed by atoms with E-state index >= 15 is 0 Å². The molecule has 0 unspecified atom stereocenters. The molecule has 188 valence electrons. The number of imidazole rings is 1. The number of hydrogen-bond acceptors (Lipinski definition) is 8. The van der Waals surface area contributed by atoms with E-state index in [1.165, 1.54) is 0 Å². The van der Waals surface area contributed by atoms with Crippen LogP contribution in [0, 0.1) is 0 Å². The molecule has 0 amide bonds. The van der Waals surface area contributed by atoms with E-state index in [1.54, 1.807) is 23.3 Å². The van der Waals surface area contributed by atoms with Gasteiger partial charge in [-0.25, -0.2) is 4.98 Å². The molecule has 1 aliphatic heterocycles. The van der Waals surface area contributed by atoms with Crippen molar-refractivity contribution in [2.45, 2.75) is 24.7 Å². The lowest BCUT2D eigenvalue weighted by Crippen LogP contribution is -2.45. The molecular weight excluding hydrogens is 496 g/mol. The first-order valence-corrected chi connectivity index (χ1v) is 12.2. The summed E-state index contributed by atoms with van der Waals surface area (Å²) in [6.07, 6.45) is 1.82. The number of aromatic amines is 1. The molecule has 4 heterocycles. The molecule has 1 fully saturated rings. The fourth-order valence-electron chi connectivity index (χ4n) is 4.36. The Bertz CT molecular complexity index is 1510. The van der Waals surface area contributed by atoms with E-state index < -0.39 is 18.3 Å². The molecule has 5 aromatic rings. The zero-order valence-electron chi connectivity index (χ0n) is 19.5. The normalized spacial score (nSPS) is 19.8. The van der Waals surface area contributed by atoms with E-state index in [1.807, 2.05) is 48.5 Å². The maximum atomic E-state index is 10.1. The molecule has 0 saturated carbocycles. The van der Waals surface area contributed by atoms with E-state index in [0.717, 1.165) is 22.4 Å². The largest absolute Gasteiger partial charge is 0.459 e. The second kappa shape index (κ2) is 9.91. The van der Waals surface area contributed by atoms with Crippen LogP contribution in [0.4, 0.5) is 0 Å². The van der Waals surface area contributed by atoms with Crippen LogP contribution in [-0.4, -0.2) is 71.7 Å². The Morgan fingerprint density at radius 2 is 1.68 bits per heavy atom. The first kappa shape index (κ1) is 23.6. The van der Waals surface area contributed by atoms with Crippen LogP contribution in [0.5, 0.6) is 6.01 Å². The molecule has 2 aromatic carbocycles. The first-order chi connectivity index (χ1) is 18.1. The minimum atomic E-state index is -0.804. The molecule has 3 N–H and O–H groups in total. The second-order valence-corrected chi connectivity index (χ2v) is 9.18. The number of H-pyrrole nitrogens is 1. The van der Waals surface area contributed by atoms with Crippen LogP contribution in [0.25, 0.3) is 39.2 Å². The first-order valence-electron chi connectivity index (χ1n) is 11.8. The third-order valence-electron chi connectivity index (χ3n) is 6.30. The lowest BCUT2D eigenvalue weighted by Gasteiger charge is -2.31. The number of nitrogens with one attached hydrogen (secondary N) is 1. The van der Waals surface area contributed by atoms with E-state index in [-0.39, 0.29) is 19.2 Å². The van der Waals surface area contributed by atoms with Crippen LogP contribution in [-0.2, 0) is 4.74 Å². The van der Waals surface area contributed by atoms with E-state index in [2.05, 4.69) is 25.1 Å². The minimum absolute atomic E-state index is 0.235. The number of pyridine rings is 1. The van der Waals surface area contributed by atoms with Gasteiger partial charge in [0.15, 0.2) is 5.65 Å². The zero-order valence-corrected chi connectivity index (χ0v) is 20.3. The lowest BCUT2D eigenvalue weighted by molar-refractivity contribution is -0.131. The maximum Gasteiger partial charge on any atom is 0.296 e. The molecule has 1 aliphatic rings. The standard InChI is InChI=1S/C26H23ClN6O4/c27-20-12-21-25(32-26(30-21)37-19-11-22(35)23(13-34)36-14-19)31-24(20)17-3-1-15(2-4-17)16-5-7-18(8-6-16)33-28-9-10-29-33/h1-10,12,19,22-23,34-35H,11,13-14H2,(H,30,31,32)/t19-,22+,23-/m1/s1. The number of aliphatic hydroxyl groups excluding tert-OH is 2. The maximum absolute atomic E-state index is 10.1. The van der Waals surface area contributed by atoms with Crippen molar-refractivity contribution in [3.05, 3.63) is 72.0 Å². The van der Waals surface area contributed by atoms with E-state index in [4.69, 9.17) is 21.1 Å². The molecule has 11 heteroatoms. The number of nitrogens with zero attached hydrogens (tertiary/aromatic N) is 5. The van der Waals surface area contributed by atoms with Crippen molar-refractivity contribution < 1.29 is 19.7 Å². The van der Waals surface area contributed by atoms with Gasteiger partial charge in [-0.05, 0) is 29.3 Å². The van der Waals surface area contributed by atoms with Gasteiger partial charge in [-0.1, -0.05) is 48.0 Å². The van der Waals surface area contributed by atoms with Gasteiger partial charge in [0, 0.05) is 12.0 Å². The summed E-state index contributed by atoms with van der Waals surface area (Å²) < 4.78 is 11.3. The van der Waals surface area contributed by atoms with E-state index in [0.29, 0.717) is 28.3 Å². The van der Waals surface area contributed by atoms with Crippen LogP contribution in [0.3, 0.4) is 0 Å². The molecule has 0 aliphatic carbocycles. The van der Waals surface area contributed by atoms with Crippen LogP contribution < -0.4 is 4.74 Å². The Labute approximate surface area is 216 Å². The van der Waals surface area contributed by atoms with Crippen LogP contribution in [0.15, 0.2) is 67.0 Å². The monoisotopic (exact) mass is 518 g/mol. The van der Waals surface area contributed by atoms with Crippen molar-refractivity contribution in [3.63, 3.8) is 0 Å². The summed E-state index contributed by atoms with van der Waals surface area (Å²) in [6.45, 7) is 0.00868. The second-order valence-electron chi connectivity index (χ2n) is 8.77. The highest BCUT2D eigenvalue weighted by Gasteiger charge is 2.31. The van der Waals surface area contributed by atoms with Crippen molar-refractivity contribution in [2.24, 2.45) is 0 Å².